The summed E-state index contributed by atoms with van der Waals surface area (Å²) in [6.07, 6.45) is 0. The Morgan fingerprint density at radius 1 is 1.32 bits per heavy atom. The van der Waals surface area contributed by atoms with Crippen LogP contribution in [0.5, 0.6) is 0 Å². The molecule has 0 aromatic carbocycles. The number of hydrogen-bond donors (Lipinski definition) is 1. The van der Waals surface area contributed by atoms with Crippen LogP contribution in [0.25, 0.3) is 0 Å². The molecule has 1 aliphatic heterocycles. The average molecular weight is 262 g/mol. The van der Waals surface area contributed by atoms with Gasteiger partial charge in [0.2, 0.25) is 0 Å². The highest BCUT2D eigenvalue weighted by Gasteiger charge is 2.18. The van der Waals surface area contributed by atoms with Gasteiger partial charge in [0.15, 0.2) is 0 Å². The van der Waals surface area contributed by atoms with Crippen molar-refractivity contribution in [2.75, 3.05) is 44.7 Å². The Labute approximate surface area is 114 Å². The smallest absolute Gasteiger partial charge is 0.269 e. The number of carbonyl (C=O) groups excluding carboxylic acids is 1. The van der Waals surface area contributed by atoms with Crippen LogP contribution in [0, 0.1) is 6.92 Å². The molecule has 1 aromatic heterocycles. The lowest BCUT2D eigenvalue weighted by molar-refractivity contribution is 0.0958. The molecule has 2 rings (SSSR count). The first kappa shape index (κ1) is 13.8. The molecule has 104 valence electrons. The third-order valence-electron chi connectivity index (χ3n) is 3.68. The lowest BCUT2D eigenvalue weighted by Crippen LogP contribution is -2.46. The largest absolute Gasteiger partial charge is 0.368 e. The van der Waals surface area contributed by atoms with Gasteiger partial charge in [0.25, 0.3) is 5.91 Å². The first-order valence-corrected chi connectivity index (χ1v) is 6.82. The number of carbonyl (C=O) groups is 1. The number of nitrogens with one attached hydrogen (secondary N) is 1. The summed E-state index contributed by atoms with van der Waals surface area (Å²) in [5, 5.41) is 2.60. The molecule has 0 aliphatic carbocycles. The van der Waals surface area contributed by atoms with Gasteiger partial charge in [0.05, 0.1) is 11.4 Å². The summed E-state index contributed by atoms with van der Waals surface area (Å²) < 4.78 is 0. The fraction of sp³-hybridized carbons (Fsp3) is 0.571. The molecule has 0 atom stereocenters. The maximum Gasteiger partial charge on any atom is 0.269 e. The lowest BCUT2D eigenvalue weighted by Gasteiger charge is -2.36. The fourth-order valence-corrected chi connectivity index (χ4v) is 2.45. The number of aryl methyl sites for hydroxylation is 1. The molecule has 0 radical (unpaired) electrons. The number of amides is 1. The molecule has 1 amide bonds. The molecule has 1 saturated heterocycles. The maximum absolute atomic E-state index is 11.5. The molecular formula is C14H22N4O. The van der Waals surface area contributed by atoms with Crippen LogP contribution >= 0.6 is 0 Å². The van der Waals surface area contributed by atoms with Gasteiger partial charge in [-0.3, -0.25) is 4.79 Å². The van der Waals surface area contributed by atoms with Crippen molar-refractivity contribution in [1.82, 2.24) is 15.2 Å². The summed E-state index contributed by atoms with van der Waals surface area (Å²) in [6.45, 7) is 9.50. The van der Waals surface area contributed by atoms with E-state index in [1.54, 1.807) is 13.1 Å². The number of aromatic nitrogens is 1. The molecule has 1 aliphatic rings. The molecule has 0 unspecified atom stereocenters. The topological polar surface area (TPSA) is 48.5 Å². The molecule has 2 heterocycles. The highest BCUT2D eigenvalue weighted by atomic mass is 16.1. The van der Waals surface area contributed by atoms with Gasteiger partial charge in [-0.15, -0.1) is 0 Å². The van der Waals surface area contributed by atoms with E-state index in [0.29, 0.717) is 5.69 Å². The first-order valence-electron chi connectivity index (χ1n) is 6.82. The van der Waals surface area contributed by atoms with E-state index < -0.39 is 0 Å². The fourth-order valence-electron chi connectivity index (χ4n) is 2.45. The quantitative estimate of drug-likeness (QED) is 0.879. The van der Waals surface area contributed by atoms with Gasteiger partial charge >= 0.3 is 0 Å². The van der Waals surface area contributed by atoms with Gasteiger partial charge in [-0.05, 0) is 25.6 Å². The second kappa shape index (κ2) is 6.02. The Kier molecular flexibility index (Phi) is 4.37. The summed E-state index contributed by atoms with van der Waals surface area (Å²) in [4.78, 5) is 20.7. The third-order valence-corrected chi connectivity index (χ3v) is 3.68. The van der Waals surface area contributed by atoms with Crippen LogP contribution in [0.15, 0.2) is 12.1 Å². The second-order valence-electron chi connectivity index (χ2n) is 4.80. The van der Waals surface area contributed by atoms with E-state index >= 15 is 0 Å². The SMILES string of the molecule is CCN1CCN(c2ccc(C(=O)NC)nc2C)CC1. The van der Waals surface area contributed by atoms with E-state index in [1.165, 1.54) is 0 Å². The summed E-state index contributed by atoms with van der Waals surface area (Å²) in [7, 11) is 1.62. The predicted molar refractivity (Wildman–Crippen MR) is 76.7 cm³/mol. The summed E-state index contributed by atoms with van der Waals surface area (Å²) in [5.74, 6) is -0.134. The monoisotopic (exact) mass is 262 g/mol. The van der Waals surface area contributed by atoms with Gasteiger partial charge in [0.1, 0.15) is 5.69 Å². The van der Waals surface area contributed by atoms with Crippen molar-refractivity contribution in [2.45, 2.75) is 13.8 Å². The van der Waals surface area contributed by atoms with Crippen molar-refractivity contribution >= 4 is 11.6 Å². The number of pyridine rings is 1. The summed E-state index contributed by atoms with van der Waals surface area (Å²) >= 11 is 0. The molecule has 1 aromatic rings. The molecular weight excluding hydrogens is 240 g/mol. The van der Waals surface area contributed by atoms with Crippen molar-refractivity contribution in [2.24, 2.45) is 0 Å². The number of rotatable bonds is 3. The average Bonchev–Trinajstić information content (AvgIpc) is 2.46. The van der Waals surface area contributed by atoms with Crippen LogP contribution < -0.4 is 10.2 Å². The van der Waals surface area contributed by atoms with Gasteiger partial charge in [-0.25, -0.2) is 4.98 Å². The molecule has 5 heteroatoms. The van der Waals surface area contributed by atoms with Crippen LogP contribution in [-0.4, -0.2) is 55.6 Å². The van der Waals surface area contributed by atoms with Gasteiger partial charge in [0, 0.05) is 33.2 Å². The molecule has 5 nitrogen and oxygen atoms in total. The number of nitrogens with zero attached hydrogens (tertiary/aromatic N) is 3. The Bertz CT molecular complexity index is 453. The lowest BCUT2D eigenvalue weighted by atomic mass is 10.2. The number of likely N-dealkylation sites (N-methyl/N-ethyl adjacent to an activating group) is 1. The molecule has 0 spiro atoms. The Hall–Kier alpha value is -1.62. The predicted octanol–water partition coefficient (Wildman–Crippen LogP) is 0.892. The summed E-state index contributed by atoms with van der Waals surface area (Å²) in [5.41, 5.74) is 2.55. The molecule has 19 heavy (non-hydrogen) atoms. The molecule has 1 N–H and O–H groups in total. The van der Waals surface area contributed by atoms with Crippen molar-refractivity contribution in [3.05, 3.63) is 23.5 Å². The Balaban J connectivity index is 2.11. The number of anilines is 1. The van der Waals surface area contributed by atoms with Crippen LogP contribution in [0.3, 0.4) is 0 Å². The zero-order valence-electron chi connectivity index (χ0n) is 11.9. The van der Waals surface area contributed by atoms with E-state index in [-0.39, 0.29) is 5.91 Å². The molecule has 0 bridgehead atoms. The third kappa shape index (κ3) is 3.04. The highest BCUT2D eigenvalue weighted by Crippen LogP contribution is 2.20. The minimum Gasteiger partial charge on any atom is -0.368 e. The van der Waals surface area contributed by atoms with E-state index in [1.807, 2.05) is 13.0 Å². The van der Waals surface area contributed by atoms with E-state index in [4.69, 9.17) is 0 Å². The van der Waals surface area contributed by atoms with Crippen molar-refractivity contribution in [3.8, 4) is 0 Å². The Morgan fingerprint density at radius 3 is 2.53 bits per heavy atom. The minimum absolute atomic E-state index is 0.134. The standard InChI is InChI=1S/C14H22N4O/c1-4-17-7-9-18(10-8-17)13-6-5-12(14(19)15-3)16-11(13)2/h5-6H,4,7-10H2,1-3H3,(H,15,19). The van der Waals surface area contributed by atoms with Gasteiger partial charge in [-0.2, -0.15) is 0 Å². The maximum atomic E-state index is 11.5. The van der Waals surface area contributed by atoms with E-state index in [0.717, 1.165) is 44.1 Å². The highest BCUT2D eigenvalue weighted by molar-refractivity contribution is 5.92. The van der Waals surface area contributed by atoms with Crippen LogP contribution in [0.2, 0.25) is 0 Å². The second-order valence-corrected chi connectivity index (χ2v) is 4.80. The van der Waals surface area contributed by atoms with Crippen molar-refractivity contribution in [3.63, 3.8) is 0 Å². The van der Waals surface area contributed by atoms with Gasteiger partial charge in [-0.1, -0.05) is 6.92 Å². The van der Waals surface area contributed by atoms with Crippen molar-refractivity contribution in [1.29, 1.82) is 0 Å². The van der Waals surface area contributed by atoms with Crippen LogP contribution in [0.4, 0.5) is 5.69 Å². The zero-order valence-corrected chi connectivity index (χ0v) is 11.9. The molecule has 1 fully saturated rings. The van der Waals surface area contributed by atoms with Crippen molar-refractivity contribution < 1.29 is 4.79 Å². The van der Waals surface area contributed by atoms with E-state index in [2.05, 4.69) is 27.0 Å². The zero-order chi connectivity index (χ0) is 13.8. The normalized spacial score (nSPS) is 16.5. The minimum atomic E-state index is -0.134. The van der Waals surface area contributed by atoms with Gasteiger partial charge < -0.3 is 15.1 Å². The first-order chi connectivity index (χ1) is 9.15. The number of piperazine rings is 1. The number of hydrogen-bond acceptors (Lipinski definition) is 4. The van der Waals surface area contributed by atoms with Crippen LogP contribution in [0.1, 0.15) is 23.1 Å². The van der Waals surface area contributed by atoms with Crippen LogP contribution in [-0.2, 0) is 0 Å². The van der Waals surface area contributed by atoms with E-state index in [9.17, 15) is 4.79 Å². The summed E-state index contributed by atoms with van der Waals surface area (Å²) in [6, 6.07) is 3.81. The Morgan fingerprint density at radius 2 is 2.00 bits per heavy atom. The molecule has 0 saturated carbocycles.